The van der Waals surface area contributed by atoms with Crippen LogP contribution in [0.2, 0.25) is 0 Å². The third-order valence-electron chi connectivity index (χ3n) is 1.86. The highest BCUT2D eigenvalue weighted by atomic mass is 16.4. The van der Waals surface area contributed by atoms with Gasteiger partial charge in [-0.1, -0.05) is 13.0 Å². The van der Waals surface area contributed by atoms with E-state index < -0.39 is 11.9 Å². The number of carbonyl (C=O) groups excluding carboxylic acids is 1. The number of rotatable bonds is 4. The average Bonchev–Trinajstić information content (AvgIpc) is 2.19. The van der Waals surface area contributed by atoms with E-state index in [0.717, 1.165) is 0 Å². The van der Waals surface area contributed by atoms with Gasteiger partial charge in [0.2, 0.25) is 0 Å². The van der Waals surface area contributed by atoms with Gasteiger partial charge >= 0.3 is 5.97 Å². The Balaban J connectivity index is 2.64. The number of aliphatic carboxylic acids is 1. The standard InChI is InChI=1S/C10H11NO3/c1-7(10(13)14)6-9(12)8-4-2-3-5-11-8/h2-5,7H,6H2,1H3,(H,13,14). The van der Waals surface area contributed by atoms with Gasteiger partial charge in [0.25, 0.3) is 0 Å². The molecular weight excluding hydrogens is 182 g/mol. The fourth-order valence-corrected chi connectivity index (χ4v) is 0.998. The molecule has 1 aromatic heterocycles. The van der Waals surface area contributed by atoms with Gasteiger partial charge in [0.05, 0.1) is 5.92 Å². The monoisotopic (exact) mass is 193 g/mol. The number of nitrogens with zero attached hydrogens (tertiary/aromatic N) is 1. The Bertz CT molecular complexity index is 334. The van der Waals surface area contributed by atoms with Crippen LogP contribution >= 0.6 is 0 Å². The van der Waals surface area contributed by atoms with Crippen LogP contribution < -0.4 is 0 Å². The number of carbonyl (C=O) groups is 2. The summed E-state index contributed by atoms with van der Waals surface area (Å²) in [6.07, 6.45) is 1.50. The van der Waals surface area contributed by atoms with Crippen LogP contribution in [0.5, 0.6) is 0 Å². The minimum atomic E-state index is -0.964. The van der Waals surface area contributed by atoms with Crippen molar-refractivity contribution in [3.8, 4) is 0 Å². The lowest BCUT2D eigenvalue weighted by Crippen LogP contribution is -2.15. The quantitative estimate of drug-likeness (QED) is 0.733. The van der Waals surface area contributed by atoms with Gasteiger partial charge in [-0.3, -0.25) is 14.6 Å². The Labute approximate surface area is 81.6 Å². The summed E-state index contributed by atoms with van der Waals surface area (Å²) in [5, 5.41) is 8.61. The van der Waals surface area contributed by atoms with Gasteiger partial charge < -0.3 is 5.11 Å². The van der Waals surface area contributed by atoms with Gasteiger partial charge in [0, 0.05) is 12.6 Å². The predicted molar refractivity (Wildman–Crippen MR) is 50.0 cm³/mol. The van der Waals surface area contributed by atoms with Crippen LogP contribution in [0.3, 0.4) is 0 Å². The molecule has 74 valence electrons. The Hall–Kier alpha value is -1.71. The van der Waals surface area contributed by atoms with Crippen LogP contribution in [-0.4, -0.2) is 21.8 Å². The van der Waals surface area contributed by atoms with E-state index in [4.69, 9.17) is 5.11 Å². The lowest BCUT2D eigenvalue weighted by molar-refractivity contribution is -0.141. The van der Waals surface area contributed by atoms with Gasteiger partial charge in [-0.15, -0.1) is 0 Å². The van der Waals surface area contributed by atoms with Crippen LogP contribution in [0.1, 0.15) is 23.8 Å². The molecule has 0 aliphatic carbocycles. The van der Waals surface area contributed by atoms with Gasteiger partial charge in [0.1, 0.15) is 5.69 Å². The van der Waals surface area contributed by atoms with E-state index in [-0.39, 0.29) is 12.2 Å². The molecule has 0 saturated carbocycles. The van der Waals surface area contributed by atoms with Crippen molar-refractivity contribution < 1.29 is 14.7 Å². The molecule has 0 aliphatic rings. The Morgan fingerprint density at radius 3 is 2.71 bits per heavy atom. The van der Waals surface area contributed by atoms with E-state index in [0.29, 0.717) is 5.69 Å². The molecule has 0 radical (unpaired) electrons. The maximum atomic E-state index is 11.4. The molecule has 0 aromatic carbocycles. The summed E-state index contributed by atoms with van der Waals surface area (Å²) < 4.78 is 0. The average molecular weight is 193 g/mol. The first-order chi connectivity index (χ1) is 6.61. The molecule has 0 fully saturated rings. The van der Waals surface area contributed by atoms with E-state index in [1.807, 2.05) is 0 Å². The van der Waals surface area contributed by atoms with E-state index in [9.17, 15) is 9.59 Å². The highest BCUT2D eigenvalue weighted by molar-refractivity contribution is 5.96. The Kier molecular flexibility index (Phi) is 3.34. The normalized spacial score (nSPS) is 12.1. The zero-order valence-corrected chi connectivity index (χ0v) is 7.80. The van der Waals surface area contributed by atoms with Crippen molar-refractivity contribution in [2.75, 3.05) is 0 Å². The van der Waals surface area contributed by atoms with Crippen molar-refractivity contribution in [2.45, 2.75) is 13.3 Å². The Morgan fingerprint density at radius 1 is 1.50 bits per heavy atom. The molecule has 1 aromatic rings. The number of ketones is 1. The number of hydrogen-bond acceptors (Lipinski definition) is 3. The first kappa shape index (κ1) is 10.4. The van der Waals surface area contributed by atoms with Gasteiger partial charge in [-0.25, -0.2) is 0 Å². The van der Waals surface area contributed by atoms with Gasteiger partial charge in [-0.05, 0) is 12.1 Å². The fourth-order valence-electron chi connectivity index (χ4n) is 0.998. The Morgan fingerprint density at radius 2 is 2.21 bits per heavy atom. The summed E-state index contributed by atoms with van der Waals surface area (Å²) in [4.78, 5) is 25.8. The maximum Gasteiger partial charge on any atom is 0.306 e. The van der Waals surface area contributed by atoms with Crippen LogP contribution in [0, 0.1) is 5.92 Å². The van der Waals surface area contributed by atoms with Gasteiger partial charge in [0.15, 0.2) is 5.78 Å². The second-order valence-corrected chi connectivity index (χ2v) is 3.08. The molecule has 0 spiro atoms. The van der Waals surface area contributed by atoms with Crippen LogP contribution in [0.15, 0.2) is 24.4 Å². The minimum absolute atomic E-state index is 0.00759. The minimum Gasteiger partial charge on any atom is -0.481 e. The molecule has 1 unspecified atom stereocenters. The van der Waals surface area contributed by atoms with Crippen LogP contribution in [0.4, 0.5) is 0 Å². The van der Waals surface area contributed by atoms with E-state index in [1.54, 1.807) is 18.2 Å². The van der Waals surface area contributed by atoms with E-state index in [1.165, 1.54) is 13.1 Å². The molecule has 14 heavy (non-hydrogen) atoms. The number of aromatic nitrogens is 1. The van der Waals surface area contributed by atoms with Crippen molar-refractivity contribution in [3.63, 3.8) is 0 Å². The zero-order valence-electron chi connectivity index (χ0n) is 7.80. The number of Topliss-reactive ketones (excluding diaryl/α,β-unsaturated/α-hetero) is 1. The molecule has 0 bridgehead atoms. The number of carboxylic acids is 1. The zero-order chi connectivity index (χ0) is 10.6. The van der Waals surface area contributed by atoms with Crippen molar-refractivity contribution in [3.05, 3.63) is 30.1 Å². The summed E-state index contributed by atoms with van der Waals surface area (Å²) in [6, 6.07) is 4.99. The van der Waals surface area contributed by atoms with Crippen molar-refractivity contribution >= 4 is 11.8 Å². The molecule has 1 atom stereocenters. The van der Waals surface area contributed by atoms with Crippen LogP contribution in [-0.2, 0) is 4.79 Å². The highest BCUT2D eigenvalue weighted by Gasteiger charge is 2.17. The molecule has 1 rings (SSSR count). The van der Waals surface area contributed by atoms with Crippen molar-refractivity contribution in [1.29, 1.82) is 0 Å². The molecule has 1 N–H and O–H groups in total. The highest BCUT2D eigenvalue weighted by Crippen LogP contribution is 2.07. The SMILES string of the molecule is CC(CC(=O)c1ccccn1)C(=O)O. The smallest absolute Gasteiger partial charge is 0.306 e. The third kappa shape index (κ3) is 2.65. The third-order valence-corrected chi connectivity index (χ3v) is 1.86. The number of pyridine rings is 1. The predicted octanol–water partition coefficient (Wildman–Crippen LogP) is 1.38. The molecule has 0 amide bonds. The summed E-state index contributed by atoms with van der Waals surface area (Å²) in [6.45, 7) is 1.50. The maximum absolute atomic E-state index is 11.4. The molecule has 4 heteroatoms. The lowest BCUT2D eigenvalue weighted by Gasteiger charge is -2.03. The molecule has 1 heterocycles. The second-order valence-electron chi connectivity index (χ2n) is 3.08. The van der Waals surface area contributed by atoms with Crippen molar-refractivity contribution in [2.24, 2.45) is 5.92 Å². The largest absolute Gasteiger partial charge is 0.481 e. The molecule has 0 saturated heterocycles. The summed E-state index contributed by atoms with van der Waals surface area (Å²) in [7, 11) is 0. The first-order valence-corrected chi connectivity index (χ1v) is 4.28. The van der Waals surface area contributed by atoms with E-state index >= 15 is 0 Å². The summed E-state index contributed by atoms with van der Waals surface area (Å²) in [5.74, 6) is -1.86. The number of carboxylic acid groups (broad SMARTS) is 1. The molecule has 4 nitrogen and oxygen atoms in total. The van der Waals surface area contributed by atoms with E-state index in [2.05, 4.69) is 4.98 Å². The fraction of sp³-hybridized carbons (Fsp3) is 0.300. The van der Waals surface area contributed by atoms with Crippen molar-refractivity contribution in [1.82, 2.24) is 4.98 Å². The molecular formula is C10H11NO3. The lowest BCUT2D eigenvalue weighted by atomic mass is 10.0. The molecule has 0 aliphatic heterocycles. The topological polar surface area (TPSA) is 67.3 Å². The number of hydrogen-bond donors (Lipinski definition) is 1. The first-order valence-electron chi connectivity index (χ1n) is 4.28. The van der Waals surface area contributed by atoms with Gasteiger partial charge in [-0.2, -0.15) is 0 Å². The van der Waals surface area contributed by atoms with Crippen LogP contribution in [0.25, 0.3) is 0 Å². The summed E-state index contributed by atoms with van der Waals surface area (Å²) in [5.41, 5.74) is 0.320. The summed E-state index contributed by atoms with van der Waals surface area (Å²) >= 11 is 0. The second kappa shape index (κ2) is 4.50.